The Morgan fingerprint density at radius 1 is 1.33 bits per heavy atom. The van der Waals surface area contributed by atoms with E-state index in [-0.39, 0.29) is 5.56 Å². The molecule has 0 aromatic carbocycles. The maximum absolute atomic E-state index is 12.9. The van der Waals surface area contributed by atoms with E-state index in [0.717, 1.165) is 22.4 Å². The summed E-state index contributed by atoms with van der Waals surface area (Å²) in [5.41, 5.74) is -1.59. The van der Waals surface area contributed by atoms with E-state index in [1.54, 1.807) is 0 Å². The van der Waals surface area contributed by atoms with E-state index in [1.165, 1.54) is 14.1 Å². The van der Waals surface area contributed by atoms with E-state index >= 15 is 0 Å². The van der Waals surface area contributed by atoms with Crippen LogP contribution in [0.5, 0.6) is 0 Å². The summed E-state index contributed by atoms with van der Waals surface area (Å²) in [5.74, 6) is -6.94. The van der Waals surface area contributed by atoms with Crippen molar-refractivity contribution in [2.45, 2.75) is 18.9 Å². The molecule has 0 spiro atoms. The summed E-state index contributed by atoms with van der Waals surface area (Å²) in [7, 11) is 3.35. The zero-order valence-corrected chi connectivity index (χ0v) is 11.4. The standard InChI is InChI=1S/C11H13F4N3O3/c1-16(9(20)11(14,15)8(12)13)4-6-5-17(2)10(21)18(3)7(6)19/h5,8H,4H2,1-3H3. The summed E-state index contributed by atoms with van der Waals surface area (Å²) in [6.07, 6.45) is -3.08. The van der Waals surface area contributed by atoms with Crippen LogP contribution in [0.1, 0.15) is 5.56 Å². The Bertz CT molecular complexity index is 666. The first kappa shape index (κ1) is 16.9. The molecule has 0 saturated carbocycles. The first-order valence-electron chi connectivity index (χ1n) is 5.67. The minimum absolute atomic E-state index is 0.152. The van der Waals surface area contributed by atoms with Crippen LogP contribution in [0.25, 0.3) is 0 Å². The molecule has 6 nitrogen and oxygen atoms in total. The van der Waals surface area contributed by atoms with Crippen LogP contribution in [0.4, 0.5) is 17.6 Å². The van der Waals surface area contributed by atoms with Crippen molar-refractivity contribution in [2.24, 2.45) is 14.1 Å². The molecule has 1 amide bonds. The molecular weight excluding hydrogens is 298 g/mol. The normalized spacial score (nSPS) is 11.8. The molecule has 0 aliphatic carbocycles. The van der Waals surface area contributed by atoms with Crippen molar-refractivity contribution in [3.8, 4) is 0 Å². The van der Waals surface area contributed by atoms with Crippen molar-refractivity contribution in [2.75, 3.05) is 7.05 Å². The van der Waals surface area contributed by atoms with Crippen LogP contribution >= 0.6 is 0 Å². The number of hydrogen-bond donors (Lipinski definition) is 0. The predicted octanol–water partition coefficient (Wildman–Crippen LogP) is -0.0572. The van der Waals surface area contributed by atoms with Crippen LogP contribution in [-0.2, 0) is 25.4 Å². The quantitative estimate of drug-likeness (QED) is 0.732. The molecule has 0 N–H and O–H groups in total. The molecule has 0 radical (unpaired) electrons. The lowest BCUT2D eigenvalue weighted by Gasteiger charge is -2.22. The van der Waals surface area contributed by atoms with Crippen molar-refractivity contribution in [3.05, 3.63) is 32.6 Å². The van der Waals surface area contributed by atoms with E-state index < -0.39 is 36.0 Å². The first-order valence-corrected chi connectivity index (χ1v) is 5.67. The predicted molar refractivity (Wildman–Crippen MR) is 64.3 cm³/mol. The van der Waals surface area contributed by atoms with Crippen LogP contribution in [0, 0.1) is 0 Å². The topological polar surface area (TPSA) is 64.3 Å². The van der Waals surface area contributed by atoms with Crippen LogP contribution in [0.3, 0.4) is 0 Å². The molecule has 1 rings (SSSR count). The third-order valence-electron chi connectivity index (χ3n) is 2.83. The number of amides is 1. The van der Waals surface area contributed by atoms with Gasteiger partial charge in [0.2, 0.25) is 0 Å². The number of alkyl halides is 4. The molecule has 0 aliphatic heterocycles. The highest BCUT2D eigenvalue weighted by Gasteiger charge is 2.50. The van der Waals surface area contributed by atoms with Crippen molar-refractivity contribution in [1.82, 2.24) is 14.0 Å². The summed E-state index contributed by atoms with van der Waals surface area (Å²) in [6.45, 7) is -0.623. The molecule has 21 heavy (non-hydrogen) atoms. The van der Waals surface area contributed by atoms with Gasteiger partial charge in [-0.25, -0.2) is 13.6 Å². The second-order valence-electron chi connectivity index (χ2n) is 4.50. The number of rotatable bonds is 4. The smallest absolute Gasteiger partial charge is 0.336 e. The third kappa shape index (κ3) is 3.14. The Labute approximate surface area is 116 Å². The fraction of sp³-hybridized carbons (Fsp3) is 0.545. The average molecular weight is 311 g/mol. The van der Waals surface area contributed by atoms with Crippen LogP contribution < -0.4 is 11.2 Å². The van der Waals surface area contributed by atoms with Gasteiger partial charge in [0.25, 0.3) is 11.5 Å². The summed E-state index contributed by atoms with van der Waals surface area (Å²) in [5, 5.41) is 0. The SMILES string of the molecule is CN(Cc1cn(C)c(=O)n(C)c1=O)C(=O)C(F)(F)C(F)F. The van der Waals surface area contributed by atoms with E-state index in [9.17, 15) is 31.9 Å². The number of aromatic nitrogens is 2. The average Bonchev–Trinajstić information content (AvgIpc) is 2.41. The Hall–Kier alpha value is -2.13. The molecule has 0 bridgehead atoms. The van der Waals surface area contributed by atoms with E-state index in [4.69, 9.17) is 0 Å². The minimum atomic E-state index is -4.83. The second kappa shape index (κ2) is 5.70. The van der Waals surface area contributed by atoms with Gasteiger partial charge in [0.15, 0.2) is 0 Å². The van der Waals surface area contributed by atoms with Gasteiger partial charge in [-0.1, -0.05) is 0 Å². The van der Waals surface area contributed by atoms with Crippen LogP contribution in [-0.4, -0.2) is 39.3 Å². The number of carbonyl (C=O) groups excluding carboxylic acids is 1. The van der Waals surface area contributed by atoms with Gasteiger partial charge in [-0.3, -0.25) is 14.2 Å². The summed E-state index contributed by atoms with van der Waals surface area (Å²) < 4.78 is 51.8. The van der Waals surface area contributed by atoms with Gasteiger partial charge < -0.3 is 9.47 Å². The zero-order valence-electron chi connectivity index (χ0n) is 11.4. The van der Waals surface area contributed by atoms with Gasteiger partial charge in [-0.05, 0) is 0 Å². The highest BCUT2D eigenvalue weighted by atomic mass is 19.3. The lowest BCUT2D eigenvalue weighted by atomic mass is 10.2. The van der Waals surface area contributed by atoms with Crippen molar-refractivity contribution >= 4 is 5.91 Å². The van der Waals surface area contributed by atoms with Gasteiger partial charge in [0, 0.05) is 27.3 Å². The fourth-order valence-electron chi connectivity index (χ4n) is 1.67. The third-order valence-corrected chi connectivity index (χ3v) is 2.83. The Balaban J connectivity index is 3.11. The van der Waals surface area contributed by atoms with Crippen molar-refractivity contribution in [3.63, 3.8) is 0 Å². The molecule has 10 heteroatoms. The monoisotopic (exact) mass is 311 g/mol. The second-order valence-corrected chi connectivity index (χ2v) is 4.50. The maximum atomic E-state index is 12.9. The molecule has 0 atom stereocenters. The Morgan fingerprint density at radius 3 is 2.33 bits per heavy atom. The van der Waals surface area contributed by atoms with E-state index in [0.29, 0.717) is 4.90 Å². The Morgan fingerprint density at radius 2 is 1.86 bits per heavy atom. The minimum Gasteiger partial charge on any atom is -0.336 e. The van der Waals surface area contributed by atoms with Crippen LogP contribution in [0.15, 0.2) is 15.8 Å². The lowest BCUT2D eigenvalue weighted by Crippen LogP contribution is -2.47. The van der Waals surface area contributed by atoms with Crippen molar-refractivity contribution < 1.29 is 22.4 Å². The molecule has 118 valence electrons. The Kier molecular flexibility index (Phi) is 4.59. The highest BCUT2D eigenvalue weighted by Crippen LogP contribution is 2.25. The molecule has 1 aromatic rings. The van der Waals surface area contributed by atoms with Crippen LogP contribution in [0.2, 0.25) is 0 Å². The molecule has 1 heterocycles. The molecule has 0 fully saturated rings. The largest absolute Gasteiger partial charge is 0.383 e. The molecule has 0 unspecified atom stereocenters. The van der Waals surface area contributed by atoms with Gasteiger partial charge >= 0.3 is 18.0 Å². The molecular formula is C11H13F4N3O3. The molecule has 0 saturated heterocycles. The van der Waals surface area contributed by atoms with Gasteiger partial charge in [0.1, 0.15) is 0 Å². The summed E-state index contributed by atoms with van der Waals surface area (Å²) >= 11 is 0. The number of nitrogens with zero attached hydrogens (tertiary/aromatic N) is 3. The zero-order chi connectivity index (χ0) is 16.5. The number of carbonyl (C=O) groups is 1. The lowest BCUT2D eigenvalue weighted by molar-refractivity contribution is -0.179. The fourth-order valence-corrected chi connectivity index (χ4v) is 1.67. The summed E-state index contributed by atoms with van der Waals surface area (Å²) in [4.78, 5) is 34.8. The number of halogens is 4. The van der Waals surface area contributed by atoms with Gasteiger partial charge in [-0.2, -0.15) is 8.78 Å². The summed E-state index contributed by atoms with van der Waals surface area (Å²) in [6, 6.07) is 0. The number of aryl methyl sites for hydroxylation is 1. The first-order chi connectivity index (χ1) is 9.50. The van der Waals surface area contributed by atoms with Crippen molar-refractivity contribution in [1.29, 1.82) is 0 Å². The van der Waals surface area contributed by atoms with Gasteiger partial charge in [0.05, 0.1) is 12.1 Å². The maximum Gasteiger partial charge on any atom is 0.383 e. The highest BCUT2D eigenvalue weighted by molar-refractivity contribution is 5.83. The van der Waals surface area contributed by atoms with Gasteiger partial charge in [-0.15, -0.1) is 0 Å². The molecule has 1 aromatic heterocycles. The molecule has 0 aliphatic rings. The van der Waals surface area contributed by atoms with E-state index in [2.05, 4.69) is 0 Å². The van der Waals surface area contributed by atoms with E-state index in [1.807, 2.05) is 0 Å². The number of hydrogen-bond acceptors (Lipinski definition) is 3.